The largest absolute Gasteiger partial charge is 0.497 e. The summed E-state index contributed by atoms with van der Waals surface area (Å²) in [6.45, 7) is 1.28. The van der Waals surface area contributed by atoms with E-state index in [-0.39, 0.29) is 10.8 Å². The maximum absolute atomic E-state index is 13.2. The van der Waals surface area contributed by atoms with E-state index in [4.69, 9.17) is 4.74 Å². The van der Waals surface area contributed by atoms with Gasteiger partial charge in [0.15, 0.2) is 0 Å². The van der Waals surface area contributed by atoms with Gasteiger partial charge in [-0.15, -0.1) is 11.8 Å². The highest BCUT2D eigenvalue weighted by molar-refractivity contribution is 8.00. The van der Waals surface area contributed by atoms with E-state index in [1.165, 1.54) is 16.4 Å². The van der Waals surface area contributed by atoms with Crippen molar-refractivity contribution in [3.05, 3.63) is 59.9 Å². The van der Waals surface area contributed by atoms with Crippen LogP contribution in [0.15, 0.2) is 53.4 Å². The molecule has 2 aromatic rings. The Morgan fingerprint density at radius 1 is 1.03 bits per heavy atom. The number of halogens is 1. The molecular formula is C21H23FN2O4S2. The summed E-state index contributed by atoms with van der Waals surface area (Å²) in [5, 5.41) is 0. The summed E-state index contributed by atoms with van der Waals surface area (Å²) in [5.74, 6) is 1.00. The molecule has 2 heterocycles. The highest BCUT2D eigenvalue weighted by Gasteiger charge is 2.48. The fraction of sp³-hybridized carbons (Fsp3) is 0.381. The number of benzene rings is 2. The highest BCUT2D eigenvalue weighted by atomic mass is 32.2. The second-order valence-electron chi connectivity index (χ2n) is 7.34. The van der Waals surface area contributed by atoms with Gasteiger partial charge in [-0.05, 0) is 61.4 Å². The standard InChI is InChI=1S/C21H23FN2O4S2/c1-28-18-6-2-16(3-7-18)20(25)24-14-15-29-21(24)10-12-23(13-11-21)30(26,27)19-8-4-17(22)5-9-19/h2-9H,10-15H2,1H3. The zero-order valence-electron chi connectivity index (χ0n) is 16.6. The fourth-order valence-corrected chi connectivity index (χ4v) is 6.93. The van der Waals surface area contributed by atoms with Gasteiger partial charge in [-0.1, -0.05) is 0 Å². The van der Waals surface area contributed by atoms with Gasteiger partial charge < -0.3 is 9.64 Å². The number of rotatable bonds is 4. The molecule has 2 fully saturated rings. The van der Waals surface area contributed by atoms with Gasteiger partial charge in [-0.25, -0.2) is 12.8 Å². The zero-order chi connectivity index (χ0) is 21.4. The molecule has 2 aliphatic rings. The first-order valence-electron chi connectivity index (χ1n) is 9.71. The average Bonchev–Trinajstić information content (AvgIpc) is 3.16. The number of thioether (sulfide) groups is 1. The molecule has 0 unspecified atom stereocenters. The van der Waals surface area contributed by atoms with E-state index in [0.29, 0.717) is 43.8 Å². The molecule has 2 saturated heterocycles. The van der Waals surface area contributed by atoms with Crippen molar-refractivity contribution in [3.8, 4) is 5.75 Å². The first-order chi connectivity index (χ1) is 14.4. The molecule has 30 heavy (non-hydrogen) atoms. The minimum absolute atomic E-state index is 0.0440. The van der Waals surface area contributed by atoms with Crippen LogP contribution in [0, 0.1) is 5.82 Å². The van der Waals surface area contributed by atoms with Crippen molar-refractivity contribution in [2.24, 2.45) is 0 Å². The number of piperidine rings is 1. The van der Waals surface area contributed by atoms with Crippen molar-refractivity contribution in [2.45, 2.75) is 22.6 Å². The third kappa shape index (κ3) is 3.81. The van der Waals surface area contributed by atoms with Crippen LogP contribution in [0.3, 0.4) is 0 Å². The van der Waals surface area contributed by atoms with Crippen LogP contribution < -0.4 is 4.74 Å². The van der Waals surface area contributed by atoms with Crippen LogP contribution in [0.2, 0.25) is 0 Å². The Kier molecular flexibility index (Phi) is 5.78. The molecule has 9 heteroatoms. The Morgan fingerprint density at radius 2 is 1.67 bits per heavy atom. The van der Waals surface area contributed by atoms with E-state index in [1.54, 1.807) is 43.1 Å². The summed E-state index contributed by atoms with van der Waals surface area (Å²) in [6.07, 6.45) is 1.11. The summed E-state index contributed by atoms with van der Waals surface area (Å²) in [4.78, 5) is 14.7. The molecule has 160 valence electrons. The zero-order valence-corrected chi connectivity index (χ0v) is 18.2. The van der Waals surface area contributed by atoms with Gasteiger partial charge in [0.1, 0.15) is 11.6 Å². The average molecular weight is 451 g/mol. The number of nitrogens with zero attached hydrogens (tertiary/aromatic N) is 2. The van der Waals surface area contributed by atoms with Gasteiger partial charge in [0.05, 0.1) is 16.9 Å². The number of carbonyl (C=O) groups excluding carboxylic acids is 1. The molecule has 0 atom stereocenters. The van der Waals surface area contributed by atoms with E-state index in [0.717, 1.165) is 17.9 Å². The second kappa shape index (κ2) is 8.20. The molecule has 0 aromatic heterocycles. The van der Waals surface area contributed by atoms with Crippen LogP contribution in [0.1, 0.15) is 23.2 Å². The van der Waals surface area contributed by atoms with Crippen LogP contribution >= 0.6 is 11.8 Å². The topological polar surface area (TPSA) is 66.9 Å². The third-order valence-electron chi connectivity index (χ3n) is 5.71. The monoisotopic (exact) mass is 450 g/mol. The lowest BCUT2D eigenvalue weighted by Crippen LogP contribution is -2.53. The molecule has 1 amide bonds. The van der Waals surface area contributed by atoms with Gasteiger partial charge in [-0.3, -0.25) is 4.79 Å². The summed E-state index contributed by atoms with van der Waals surface area (Å²) in [6, 6.07) is 11.9. The molecular weight excluding hydrogens is 427 g/mol. The lowest BCUT2D eigenvalue weighted by atomic mass is 10.0. The lowest BCUT2D eigenvalue weighted by molar-refractivity contribution is 0.0605. The smallest absolute Gasteiger partial charge is 0.255 e. The molecule has 0 aliphatic carbocycles. The van der Waals surface area contributed by atoms with Gasteiger partial charge >= 0.3 is 0 Å². The van der Waals surface area contributed by atoms with E-state index >= 15 is 0 Å². The minimum atomic E-state index is -3.68. The van der Waals surface area contributed by atoms with Crippen LogP contribution in [0.25, 0.3) is 0 Å². The molecule has 0 radical (unpaired) electrons. The Morgan fingerprint density at radius 3 is 2.27 bits per heavy atom. The molecule has 1 spiro atoms. The quantitative estimate of drug-likeness (QED) is 0.716. The van der Waals surface area contributed by atoms with Crippen molar-refractivity contribution in [3.63, 3.8) is 0 Å². The number of amides is 1. The number of hydrogen-bond donors (Lipinski definition) is 0. The van der Waals surface area contributed by atoms with E-state index in [1.807, 2.05) is 4.90 Å². The first-order valence-corrected chi connectivity index (χ1v) is 12.1. The molecule has 0 saturated carbocycles. The van der Waals surface area contributed by atoms with Crippen LogP contribution in [0.5, 0.6) is 5.75 Å². The molecule has 4 rings (SSSR count). The van der Waals surface area contributed by atoms with Crippen molar-refractivity contribution in [1.82, 2.24) is 9.21 Å². The third-order valence-corrected chi connectivity index (χ3v) is 9.18. The maximum Gasteiger partial charge on any atom is 0.255 e. The molecule has 6 nitrogen and oxygen atoms in total. The molecule has 2 aromatic carbocycles. The number of methoxy groups -OCH3 is 1. The number of carbonyl (C=O) groups is 1. The van der Waals surface area contributed by atoms with Gasteiger partial charge in [0, 0.05) is 31.0 Å². The molecule has 0 bridgehead atoms. The predicted molar refractivity (Wildman–Crippen MR) is 114 cm³/mol. The normalized spacial score (nSPS) is 19.2. The summed E-state index contributed by atoms with van der Waals surface area (Å²) < 4.78 is 45.6. The summed E-state index contributed by atoms with van der Waals surface area (Å²) in [5.41, 5.74) is 0.596. The Balaban J connectivity index is 1.49. The van der Waals surface area contributed by atoms with Crippen molar-refractivity contribution in [1.29, 1.82) is 0 Å². The molecule has 2 aliphatic heterocycles. The highest BCUT2D eigenvalue weighted by Crippen LogP contribution is 2.45. The van der Waals surface area contributed by atoms with Crippen LogP contribution in [-0.4, -0.2) is 60.9 Å². The van der Waals surface area contributed by atoms with Crippen molar-refractivity contribution >= 4 is 27.7 Å². The SMILES string of the molecule is COc1ccc(C(=O)N2CCSC23CCN(S(=O)(=O)c2ccc(F)cc2)CC3)cc1. The number of hydrogen-bond acceptors (Lipinski definition) is 5. The Labute approximate surface area is 180 Å². The Hall–Kier alpha value is -2.10. The number of sulfonamides is 1. The van der Waals surface area contributed by atoms with Crippen molar-refractivity contribution < 1.29 is 22.3 Å². The maximum atomic E-state index is 13.2. The van der Waals surface area contributed by atoms with E-state index in [2.05, 4.69) is 0 Å². The summed E-state index contributed by atoms with van der Waals surface area (Å²) in [7, 11) is -2.10. The number of ether oxygens (including phenoxy) is 1. The lowest BCUT2D eigenvalue weighted by Gasteiger charge is -2.43. The minimum Gasteiger partial charge on any atom is -0.497 e. The second-order valence-corrected chi connectivity index (χ2v) is 10.7. The van der Waals surface area contributed by atoms with Crippen LogP contribution in [0.4, 0.5) is 4.39 Å². The summed E-state index contributed by atoms with van der Waals surface area (Å²) >= 11 is 1.72. The van der Waals surface area contributed by atoms with Crippen LogP contribution in [-0.2, 0) is 10.0 Å². The van der Waals surface area contributed by atoms with E-state index in [9.17, 15) is 17.6 Å². The first kappa shape index (κ1) is 21.1. The predicted octanol–water partition coefficient (Wildman–Crippen LogP) is 3.20. The van der Waals surface area contributed by atoms with Crippen molar-refractivity contribution in [2.75, 3.05) is 32.5 Å². The van der Waals surface area contributed by atoms with Gasteiger partial charge in [-0.2, -0.15) is 4.31 Å². The Bertz CT molecular complexity index is 1020. The van der Waals surface area contributed by atoms with Gasteiger partial charge in [0.2, 0.25) is 10.0 Å². The van der Waals surface area contributed by atoms with Gasteiger partial charge in [0.25, 0.3) is 5.91 Å². The fourth-order valence-electron chi connectivity index (χ4n) is 4.03. The molecule has 0 N–H and O–H groups in total. The van der Waals surface area contributed by atoms with E-state index < -0.39 is 20.7 Å².